The molecule has 1 fully saturated rings. The van der Waals surface area contributed by atoms with Crippen LogP contribution in [0.25, 0.3) is 0 Å². The van der Waals surface area contributed by atoms with Crippen molar-refractivity contribution < 1.29 is 4.39 Å². The van der Waals surface area contributed by atoms with Crippen LogP contribution in [0.4, 0.5) is 10.2 Å². The minimum atomic E-state index is -0.284. The summed E-state index contributed by atoms with van der Waals surface area (Å²) in [4.78, 5) is 7.94. The minimum Gasteiger partial charge on any atom is -0.365 e. The van der Waals surface area contributed by atoms with E-state index in [1.54, 1.807) is 0 Å². The quantitative estimate of drug-likeness (QED) is 0.877. The second kappa shape index (κ2) is 5.43. The lowest BCUT2D eigenvalue weighted by Crippen LogP contribution is -2.26. The number of rotatable bonds is 3. The van der Waals surface area contributed by atoms with E-state index >= 15 is 0 Å². The Morgan fingerprint density at radius 2 is 2.00 bits per heavy atom. The molecule has 0 radical (unpaired) electrons. The van der Waals surface area contributed by atoms with Crippen molar-refractivity contribution in [3.05, 3.63) is 17.8 Å². The van der Waals surface area contributed by atoms with Crippen molar-refractivity contribution >= 4 is 5.82 Å². The van der Waals surface area contributed by atoms with E-state index in [4.69, 9.17) is 0 Å². The summed E-state index contributed by atoms with van der Waals surface area (Å²) in [5.41, 5.74) is 0.492. The Morgan fingerprint density at radius 3 is 2.65 bits per heavy atom. The fourth-order valence-electron chi connectivity index (χ4n) is 2.35. The molecule has 1 aliphatic carbocycles. The van der Waals surface area contributed by atoms with Crippen molar-refractivity contribution in [2.75, 3.05) is 5.32 Å². The first-order valence-corrected chi connectivity index (χ1v) is 6.46. The van der Waals surface area contributed by atoms with Gasteiger partial charge in [-0.3, -0.25) is 0 Å². The van der Waals surface area contributed by atoms with Crippen molar-refractivity contribution in [1.82, 2.24) is 9.97 Å². The molecule has 0 saturated heterocycles. The zero-order valence-electron chi connectivity index (χ0n) is 10.5. The second-order valence-corrected chi connectivity index (χ2v) is 4.94. The van der Waals surface area contributed by atoms with Crippen LogP contribution >= 0.6 is 0 Å². The normalized spacial score (nSPS) is 24.6. The highest BCUT2D eigenvalue weighted by molar-refractivity contribution is 5.38. The summed E-state index contributed by atoms with van der Waals surface area (Å²) >= 11 is 0. The van der Waals surface area contributed by atoms with Crippen molar-refractivity contribution in [2.45, 2.75) is 52.0 Å². The summed E-state index contributed by atoms with van der Waals surface area (Å²) in [7, 11) is 0. The standard InChI is InChI=1S/C13H20FN3/c1-3-11-12(14)13(16-8-15-11)17-10-6-4-9(2)5-7-10/h8-10H,3-7H2,1-2H3,(H,15,16,17). The van der Waals surface area contributed by atoms with E-state index in [-0.39, 0.29) is 5.82 Å². The summed E-state index contributed by atoms with van der Waals surface area (Å²) in [5, 5.41) is 3.22. The van der Waals surface area contributed by atoms with E-state index in [1.165, 1.54) is 19.2 Å². The molecule has 1 aromatic heterocycles. The largest absolute Gasteiger partial charge is 0.365 e. The summed E-state index contributed by atoms with van der Waals surface area (Å²) in [6.07, 6.45) is 6.68. The molecule has 0 amide bonds. The highest BCUT2D eigenvalue weighted by Crippen LogP contribution is 2.26. The molecule has 0 spiro atoms. The van der Waals surface area contributed by atoms with Gasteiger partial charge in [0.05, 0.1) is 5.69 Å². The van der Waals surface area contributed by atoms with Gasteiger partial charge in [0.15, 0.2) is 11.6 Å². The molecular formula is C13H20FN3. The van der Waals surface area contributed by atoms with Gasteiger partial charge >= 0.3 is 0 Å². The Labute approximate surface area is 102 Å². The summed E-state index contributed by atoms with van der Waals surface area (Å²) in [5.74, 6) is 0.888. The summed E-state index contributed by atoms with van der Waals surface area (Å²) in [6.45, 7) is 4.17. The zero-order chi connectivity index (χ0) is 12.3. The third-order valence-corrected chi connectivity index (χ3v) is 3.55. The van der Waals surface area contributed by atoms with Crippen LogP contribution in [0, 0.1) is 11.7 Å². The van der Waals surface area contributed by atoms with Crippen molar-refractivity contribution in [2.24, 2.45) is 5.92 Å². The first kappa shape index (κ1) is 12.3. The number of aromatic nitrogens is 2. The van der Waals surface area contributed by atoms with Gasteiger partial charge in [0.1, 0.15) is 6.33 Å². The average Bonchev–Trinajstić information content (AvgIpc) is 2.35. The van der Waals surface area contributed by atoms with E-state index in [1.807, 2.05) is 6.92 Å². The van der Waals surface area contributed by atoms with Gasteiger partial charge in [0, 0.05) is 6.04 Å². The predicted octanol–water partition coefficient (Wildman–Crippen LogP) is 3.17. The molecule has 2 rings (SSSR count). The Kier molecular flexibility index (Phi) is 3.92. The van der Waals surface area contributed by atoms with Gasteiger partial charge in [-0.25, -0.2) is 14.4 Å². The molecule has 0 bridgehead atoms. The minimum absolute atomic E-state index is 0.284. The Bertz CT molecular complexity index is 373. The zero-order valence-corrected chi connectivity index (χ0v) is 10.5. The number of aryl methyl sites for hydroxylation is 1. The summed E-state index contributed by atoms with van der Waals surface area (Å²) in [6, 6.07) is 0.361. The lowest BCUT2D eigenvalue weighted by Gasteiger charge is -2.27. The van der Waals surface area contributed by atoms with E-state index in [9.17, 15) is 4.39 Å². The van der Waals surface area contributed by atoms with Gasteiger partial charge in [0.25, 0.3) is 0 Å². The fourth-order valence-corrected chi connectivity index (χ4v) is 2.35. The molecular weight excluding hydrogens is 217 g/mol. The second-order valence-electron chi connectivity index (χ2n) is 4.94. The predicted molar refractivity (Wildman–Crippen MR) is 66.4 cm³/mol. The van der Waals surface area contributed by atoms with Gasteiger partial charge in [-0.05, 0) is 38.0 Å². The molecule has 1 aliphatic rings. The first-order valence-electron chi connectivity index (χ1n) is 6.46. The molecule has 94 valence electrons. The lowest BCUT2D eigenvalue weighted by atomic mass is 9.87. The molecule has 1 heterocycles. The molecule has 4 heteroatoms. The number of hydrogen-bond donors (Lipinski definition) is 1. The molecule has 0 unspecified atom stereocenters. The highest BCUT2D eigenvalue weighted by atomic mass is 19.1. The average molecular weight is 237 g/mol. The Balaban J connectivity index is 2.03. The van der Waals surface area contributed by atoms with Crippen molar-refractivity contribution in [1.29, 1.82) is 0 Å². The van der Waals surface area contributed by atoms with Crippen LogP contribution in [-0.4, -0.2) is 16.0 Å². The van der Waals surface area contributed by atoms with Gasteiger partial charge < -0.3 is 5.32 Å². The number of anilines is 1. The monoisotopic (exact) mass is 237 g/mol. The van der Waals surface area contributed by atoms with Crippen LogP contribution in [0.3, 0.4) is 0 Å². The third-order valence-electron chi connectivity index (χ3n) is 3.55. The molecule has 1 aromatic rings. The molecule has 1 saturated carbocycles. The number of nitrogens with zero attached hydrogens (tertiary/aromatic N) is 2. The number of nitrogens with one attached hydrogen (secondary N) is 1. The van der Waals surface area contributed by atoms with Crippen LogP contribution < -0.4 is 5.32 Å². The van der Waals surface area contributed by atoms with Crippen LogP contribution in [0.5, 0.6) is 0 Å². The topological polar surface area (TPSA) is 37.8 Å². The molecule has 1 N–H and O–H groups in total. The van der Waals surface area contributed by atoms with E-state index < -0.39 is 0 Å². The maximum atomic E-state index is 13.9. The van der Waals surface area contributed by atoms with E-state index in [0.29, 0.717) is 24.0 Å². The van der Waals surface area contributed by atoms with Crippen LogP contribution in [0.15, 0.2) is 6.33 Å². The van der Waals surface area contributed by atoms with Crippen LogP contribution in [-0.2, 0) is 6.42 Å². The molecule has 0 aromatic carbocycles. The number of halogens is 1. The summed E-state index contributed by atoms with van der Waals surface area (Å²) < 4.78 is 13.9. The molecule has 0 aliphatic heterocycles. The van der Waals surface area contributed by atoms with Gasteiger partial charge in [-0.2, -0.15) is 0 Å². The third kappa shape index (κ3) is 2.93. The highest BCUT2D eigenvalue weighted by Gasteiger charge is 2.20. The van der Waals surface area contributed by atoms with Crippen molar-refractivity contribution in [3.63, 3.8) is 0 Å². The Morgan fingerprint density at radius 1 is 1.29 bits per heavy atom. The molecule has 0 atom stereocenters. The lowest BCUT2D eigenvalue weighted by molar-refractivity contribution is 0.360. The van der Waals surface area contributed by atoms with Gasteiger partial charge in [0.2, 0.25) is 0 Å². The number of hydrogen-bond acceptors (Lipinski definition) is 3. The van der Waals surface area contributed by atoms with Crippen molar-refractivity contribution in [3.8, 4) is 0 Å². The molecule has 17 heavy (non-hydrogen) atoms. The van der Waals surface area contributed by atoms with Gasteiger partial charge in [-0.15, -0.1) is 0 Å². The van der Waals surface area contributed by atoms with Crippen LogP contribution in [0.2, 0.25) is 0 Å². The fraction of sp³-hybridized carbons (Fsp3) is 0.692. The smallest absolute Gasteiger partial charge is 0.186 e. The van der Waals surface area contributed by atoms with E-state index in [2.05, 4.69) is 22.2 Å². The molecule has 3 nitrogen and oxygen atoms in total. The maximum absolute atomic E-state index is 13.9. The SMILES string of the molecule is CCc1ncnc(NC2CCC(C)CC2)c1F. The van der Waals surface area contributed by atoms with Crippen LogP contribution in [0.1, 0.15) is 45.2 Å². The first-order chi connectivity index (χ1) is 8.20. The Hall–Kier alpha value is -1.19. The maximum Gasteiger partial charge on any atom is 0.186 e. The van der Waals surface area contributed by atoms with E-state index in [0.717, 1.165) is 18.8 Å². The van der Waals surface area contributed by atoms with Gasteiger partial charge in [-0.1, -0.05) is 13.8 Å².